The van der Waals surface area contributed by atoms with Gasteiger partial charge in [0.05, 0.1) is 6.20 Å². The topological polar surface area (TPSA) is 50.9 Å². The zero-order chi connectivity index (χ0) is 10.8. The van der Waals surface area contributed by atoms with E-state index in [1.807, 2.05) is 25.1 Å². The smallest absolute Gasteiger partial charge is 0.189 e. The Morgan fingerprint density at radius 2 is 2.27 bits per heavy atom. The minimum absolute atomic E-state index is 0.713. The van der Waals surface area contributed by atoms with Gasteiger partial charge in [-0.2, -0.15) is 0 Å². The van der Waals surface area contributed by atoms with Crippen LogP contribution in [0.5, 0.6) is 0 Å². The Labute approximate surface area is 100 Å². The van der Waals surface area contributed by atoms with Crippen LogP contribution in [0.4, 0.5) is 15.8 Å². The third-order valence-corrected chi connectivity index (χ3v) is 3.63. The summed E-state index contributed by atoms with van der Waals surface area (Å²) in [6.07, 6.45) is 1.65. The Balaban J connectivity index is 2.28. The average Bonchev–Trinajstić information content (AvgIpc) is 2.59. The molecule has 2 aromatic rings. The van der Waals surface area contributed by atoms with E-state index in [1.54, 1.807) is 6.20 Å². The lowest BCUT2D eigenvalue weighted by Gasteiger charge is -2.07. The predicted molar refractivity (Wildman–Crippen MR) is 68.7 cm³/mol. The summed E-state index contributed by atoms with van der Waals surface area (Å²) in [6.45, 7) is 2.05. The van der Waals surface area contributed by atoms with Crippen molar-refractivity contribution in [3.63, 3.8) is 0 Å². The first-order valence-electron chi connectivity index (χ1n) is 4.40. The summed E-state index contributed by atoms with van der Waals surface area (Å²) in [5.74, 6) is 0. The monoisotopic (exact) mass is 283 g/mol. The van der Waals surface area contributed by atoms with Crippen LogP contribution in [-0.4, -0.2) is 4.98 Å². The number of nitrogens with zero attached hydrogens (tertiary/aromatic N) is 1. The summed E-state index contributed by atoms with van der Waals surface area (Å²) >= 11 is 4.92. The Morgan fingerprint density at radius 3 is 2.93 bits per heavy atom. The van der Waals surface area contributed by atoms with Gasteiger partial charge in [0, 0.05) is 10.2 Å². The van der Waals surface area contributed by atoms with Crippen LogP contribution < -0.4 is 11.1 Å². The maximum absolute atomic E-state index is 5.61. The summed E-state index contributed by atoms with van der Waals surface area (Å²) < 4.78 is 1.08. The van der Waals surface area contributed by atoms with Crippen LogP contribution in [0.3, 0.4) is 0 Å². The number of halogens is 1. The normalized spacial score (nSPS) is 10.3. The van der Waals surface area contributed by atoms with E-state index in [9.17, 15) is 0 Å². The number of rotatable bonds is 2. The lowest BCUT2D eigenvalue weighted by molar-refractivity contribution is 1.35. The molecular formula is C10H10BrN3S. The molecule has 0 saturated heterocycles. The second-order valence-electron chi connectivity index (χ2n) is 3.11. The summed E-state index contributed by atoms with van der Waals surface area (Å²) in [5, 5.41) is 4.76. The van der Waals surface area contributed by atoms with Gasteiger partial charge in [0.25, 0.3) is 0 Å². The molecule has 1 aromatic carbocycles. The van der Waals surface area contributed by atoms with E-state index in [-0.39, 0.29) is 0 Å². The summed E-state index contributed by atoms with van der Waals surface area (Å²) in [6, 6.07) is 6.00. The van der Waals surface area contributed by atoms with E-state index >= 15 is 0 Å². The van der Waals surface area contributed by atoms with Crippen molar-refractivity contribution in [2.45, 2.75) is 6.92 Å². The second-order valence-corrected chi connectivity index (χ2v) is 5.02. The van der Waals surface area contributed by atoms with Crippen molar-refractivity contribution < 1.29 is 0 Å². The number of hydrogen-bond donors (Lipinski definition) is 2. The first-order chi connectivity index (χ1) is 7.16. The standard InChI is InChI=1S/C10H10BrN3S/c1-6-7(11)3-2-4-8(6)14-10-13-5-9(12)15-10/h2-5H,12H2,1H3,(H,13,14). The van der Waals surface area contributed by atoms with Crippen LogP contribution in [0, 0.1) is 6.92 Å². The molecule has 0 spiro atoms. The molecule has 3 N–H and O–H groups in total. The van der Waals surface area contributed by atoms with Crippen molar-refractivity contribution in [1.82, 2.24) is 4.98 Å². The molecule has 0 fully saturated rings. The number of nitrogens with one attached hydrogen (secondary N) is 1. The lowest BCUT2D eigenvalue weighted by atomic mass is 10.2. The Hall–Kier alpha value is -1.07. The minimum Gasteiger partial charge on any atom is -0.389 e. The Bertz CT molecular complexity index is 481. The first-order valence-corrected chi connectivity index (χ1v) is 6.01. The van der Waals surface area contributed by atoms with Gasteiger partial charge in [-0.25, -0.2) is 4.98 Å². The van der Waals surface area contributed by atoms with Crippen LogP contribution in [0.2, 0.25) is 0 Å². The third-order valence-electron chi connectivity index (χ3n) is 2.03. The number of nitrogen functional groups attached to an aromatic ring is 1. The largest absolute Gasteiger partial charge is 0.389 e. The Kier molecular flexibility index (Phi) is 2.93. The number of thiazole rings is 1. The molecule has 1 aromatic heterocycles. The van der Waals surface area contributed by atoms with Crippen LogP contribution in [0.25, 0.3) is 0 Å². The van der Waals surface area contributed by atoms with Crippen LogP contribution in [0.15, 0.2) is 28.9 Å². The van der Waals surface area contributed by atoms with E-state index < -0.39 is 0 Å². The van der Waals surface area contributed by atoms with Crippen molar-refractivity contribution >= 4 is 43.1 Å². The van der Waals surface area contributed by atoms with Crippen molar-refractivity contribution in [2.75, 3.05) is 11.1 Å². The van der Waals surface area contributed by atoms with Crippen molar-refractivity contribution in [1.29, 1.82) is 0 Å². The van der Waals surface area contributed by atoms with Gasteiger partial charge in [-0.1, -0.05) is 33.3 Å². The fourth-order valence-electron chi connectivity index (χ4n) is 1.20. The molecule has 3 nitrogen and oxygen atoms in total. The average molecular weight is 284 g/mol. The summed E-state index contributed by atoms with van der Waals surface area (Å²) in [7, 11) is 0. The maximum Gasteiger partial charge on any atom is 0.189 e. The van der Waals surface area contributed by atoms with Gasteiger partial charge < -0.3 is 11.1 Å². The van der Waals surface area contributed by atoms with Gasteiger partial charge >= 0.3 is 0 Å². The number of hydrogen-bond acceptors (Lipinski definition) is 4. The van der Waals surface area contributed by atoms with Crippen molar-refractivity contribution in [2.24, 2.45) is 0 Å². The quantitative estimate of drug-likeness (QED) is 0.886. The molecule has 0 aliphatic heterocycles. The molecule has 0 saturated carbocycles. The van der Waals surface area contributed by atoms with Crippen molar-refractivity contribution in [3.8, 4) is 0 Å². The van der Waals surface area contributed by atoms with E-state index in [2.05, 4.69) is 26.2 Å². The number of nitrogens with two attached hydrogens (primary N) is 1. The summed E-state index contributed by atoms with van der Waals surface area (Å²) in [5.41, 5.74) is 7.81. The molecule has 0 atom stereocenters. The second kappa shape index (κ2) is 4.20. The fraction of sp³-hybridized carbons (Fsp3) is 0.100. The highest BCUT2D eigenvalue weighted by atomic mass is 79.9. The molecule has 15 heavy (non-hydrogen) atoms. The van der Waals surface area contributed by atoms with E-state index in [0.717, 1.165) is 20.9 Å². The van der Waals surface area contributed by atoms with E-state index in [4.69, 9.17) is 5.73 Å². The fourth-order valence-corrected chi connectivity index (χ4v) is 2.16. The number of anilines is 3. The van der Waals surface area contributed by atoms with Crippen LogP contribution in [0.1, 0.15) is 5.56 Å². The van der Waals surface area contributed by atoms with E-state index in [1.165, 1.54) is 11.3 Å². The first kappa shape index (κ1) is 10.4. The molecule has 0 aliphatic carbocycles. The molecule has 1 heterocycles. The van der Waals surface area contributed by atoms with Crippen LogP contribution >= 0.6 is 27.3 Å². The molecular weight excluding hydrogens is 274 g/mol. The summed E-state index contributed by atoms with van der Waals surface area (Å²) in [4.78, 5) is 4.15. The van der Waals surface area contributed by atoms with Gasteiger partial charge in [0.2, 0.25) is 0 Å². The zero-order valence-corrected chi connectivity index (χ0v) is 10.5. The van der Waals surface area contributed by atoms with Gasteiger partial charge in [-0.05, 0) is 24.6 Å². The molecule has 0 radical (unpaired) electrons. The minimum atomic E-state index is 0.713. The van der Waals surface area contributed by atoms with E-state index in [0.29, 0.717) is 5.00 Å². The van der Waals surface area contributed by atoms with Gasteiger partial charge in [0.15, 0.2) is 5.13 Å². The third kappa shape index (κ3) is 2.30. The molecule has 2 rings (SSSR count). The maximum atomic E-state index is 5.61. The Morgan fingerprint density at radius 1 is 1.47 bits per heavy atom. The number of aromatic nitrogens is 1. The molecule has 0 amide bonds. The van der Waals surface area contributed by atoms with Gasteiger partial charge in [-0.3, -0.25) is 0 Å². The highest BCUT2D eigenvalue weighted by Gasteiger charge is 2.04. The number of benzene rings is 1. The molecule has 78 valence electrons. The SMILES string of the molecule is Cc1c(Br)cccc1Nc1ncc(N)s1. The molecule has 0 aliphatic rings. The zero-order valence-electron chi connectivity index (χ0n) is 8.12. The highest BCUT2D eigenvalue weighted by Crippen LogP contribution is 2.28. The van der Waals surface area contributed by atoms with Crippen LogP contribution in [-0.2, 0) is 0 Å². The van der Waals surface area contributed by atoms with Gasteiger partial charge in [0.1, 0.15) is 5.00 Å². The van der Waals surface area contributed by atoms with Gasteiger partial charge in [-0.15, -0.1) is 0 Å². The molecule has 5 heteroatoms. The molecule has 0 bridgehead atoms. The highest BCUT2D eigenvalue weighted by molar-refractivity contribution is 9.10. The predicted octanol–water partition coefficient (Wildman–Crippen LogP) is 3.54. The molecule has 0 unspecified atom stereocenters. The lowest BCUT2D eigenvalue weighted by Crippen LogP contribution is -1.92. The van der Waals surface area contributed by atoms with Crippen molar-refractivity contribution in [3.05, 3.63) is 34.4 Å².